The maximum atomic E-state index is 12.6. The number of ether oxygens (including phenoxy) is 1. The van der Waals surface area contributed by atoms with Crippen LogP contribution >= 0.6 is 11.6 Å². The van der Waals surface area contributed by atoms with Crippen LogP contribution in [0.1, 0.15) is 6.92 Å². The number of amides is 2. The van der Waals surface area contributed by atoms with Gasteiger partial charge in [-0.25, -0.2) is 0 Å². The summed E-state index contributed by atoms with van der Waals surface area (Å²) in [5.74, 6) is 0.0350. The highest BCUT2D eigenvalue weighted by Crippen LogP contribution is 2.32. The first-order chi connectivity index (χ1) is 15.3. The molecule has 11 heteroatoms. The Kier molecular flexibility index (Phi) is 7.49. The molecule has 1 saturated heterocycles. The summed E-state index contributed by atoms with van der Waals surface area (Å²) in [6.07, 6.45) is 0. The van der Waals surface area contributed by atoms with E-state index in [-0.39, 0.29) is 24.0 Å². The van der Waals surface area contributed by atoms with Gasteiger partial charge in [-0.05, 0) is 30.3 Å². The molecule has 1 aliphatic rings. The lowest BCUT2D eigenvalue weighted by Crippen LogP contribution is -2.48. The summed E-state index contributed by atoms with van der Waals surface area (Å²) in [6.45, 7) is 3.77. The molecule has 0 spiro atoms. The van der Waals surface area contributed by atoms with Crippen molar-refractivity contribution in [2.45, 2.75) is 6.92 Å². The fourth-order valence-corrected chi connectivity index (χ4v) is 3.70. The zero-order valence-electron chi connectivity index (χ0n) is 17.8. The van der Waals surface area contributed by atoms with Gasteiger partial charge in [-0.2, -0.15) is 0 Å². The Morgan fingerprint density at radius 1 is 1.12 bits per heavy atom. The summed E-state index contributed by atoms with van der Waals surface area (Å²) < 4.78 is 5.29. The smallest absolute Gasteiger partial charge is 0.294 e. The number of rotatable bonds is 7. The number of hydrogen-bond donors (Lipinski definition) is 2. The molecule has 1 fully saturated rings. The van der Waals surface area contributed by atoms with Gasteiger partial charge in [-0.1, -0.05) is 11.6 Å². The van der Waals surface area contributed by atoms with Gasteiger partial charge in [0, 0.05) is 49.9 Å². The lowest BCUT2D eigenvalue weighted by molar-refractivity contribution is -0.384. The van der Waals surface area contributed by atoms with Gasteiger partial charge in [-0.3, -0.25) is 24.6 Å². The van der Waals surface area contributed by atoms with Crippen LogP contribution in [-0.4, -0.2) is 61.5 Å². The van der Waals surface area contributed by atoms with Crippen molar-refractivity contribution < 1.29 is 19.2 Å². The first-order valence-corrected chi connectivity index (χ1v) is 10.3. The van der Waals surface area contributed by atoms with Gasteiger partial charge < -0.3 is 20.3 Å². The molecule has 170 valence electrons. The Morgan fingerprint density at radius 2 is 1.84 bits per heavy atom. The predicted molar refractivity (Wildman–Crippen MR) is 123 cm³/mol. The van der Waals surface area contributed by atoms with Crippen molar-refractivity contribution in [1.29, 1.82) is 0 Å². The second-order valence-corrected chi connectivity index (χ2v) is 7.73. The van der Waals surface area contributed by atoms with Crippen molar-refractivity contribution in [3.63, 3.8) is 0 Å². The van der Waals surface area contributed by atoms with E-state index in [1.165, 1.54) is 20.1 Å². The Bertz CT molecular complexity index is 1020. The second-order valence-electron chi connectivity index (χ2n) is 7.30. The fourth-order valence-electron chi connectivity index (χ4n) is 3.54. The Balaban J connectivity index is 1.60. The van der Waals surface area contributed by atoms with E-state index in [1.807, 2.05) is 9.80 Å². The number of carbonyl (C=O) groups is 2. The van der Waals surface area contributed by atoms with Crippen molar-refractivity contribution in [1.82, 2.24) is 4.90 Å². The summed E-state index contributed by atoms with van der Waals surface area (Å²) in [7, 11) is 1.50. The van der Waals surface area contributed by atoms with Crippen LogP contribution < -0.4 is 20.3 Å². The van der Waals surface area contributed by atoms with Crippen LogP contribution in [0.15, 0.2) is 36.4 Å². The van der Waals surface area contributed by atoms with Gasteiger partial charge in [-0.15, -0.1) is 0 Å². The van der Waals surface area contributed by atoms with Gasteiger partial charge in [0.15, 0.2) is 0 Å². The molecule has 2 N–H and O–H groups in total. The van der Waals surface area contributed by atoms with Gasteiger partial charge in [0.2, 0.25) is 11.8 Å². The van der Waals surface area contributed by atoms with Crippen molar-refractivity contribution in [2.75, 3.05) is 55.4 Å². The van der Waals surface area contributed by atoms with E-state index in [4.69, 9.17) is 16.3 Å². The summed E-state index contributed by atoms with van der Waals surface area (Å²) in [6, 6.07) is 9.61. The molecule has 1 heterocycles. The maximum absolute atomic E-state index is 12.6. The average Bonchev–Trinajstić information content (AvgIpc) is 2.74. The zero-order chi connectivity index (χ0) is 23.3. The highest BCUT2D eigenvalue weighted by Gasteiger charge is 2.25. The molecule has 3 rings (SSSR count). The minimum absolute atomic E-state index is 0.0326. The molecule has 10 nitrogen and oxygen atoms in total. The third-order valence-corrected chi connectivity index (χ3v) is 5.24. The topological polar surface area (TPSA) is 117 Å². The number of piperazine rings is 1. The first kappa shape index (κ1) is 23.3. The Labute approximate surface area is 190 Å². The van der Waals surface area contributed by atoms with Crippen molar-refractivity contribution in [2.24, 2.45) is 0 Å². The molecule has 32 heavy (non-hydrogen) atoms. The van der Waals surface area contributed by atoms with E-state index in [9.17, 15) is 19.7 Å². The summed E-state index contributed by atoms with van der Waals surface area (Å²) in [5.41, 5.74) is 1.49. The van der Waals surface area contributed by atoms with Gasteiger partial charge in [0.25, 0.3) is 5.69 Å². The number of nitrogens with one attached hydrogen (secondary N) is 2. The lowest BCUT2D eigenvalue weighted by atomic mass is 10.2. The van der Waals surface area contributed by atoms with E-state index in [1.54, 1.807) is 30.3 Å². The number of nitro groups is 1. The minimum Gasteiger partial charge on any atom is -0.495 e. The third-order valence-electron chi connectivity index (χ3n) is 5.01. The van der Waals surface area contributed by atoms with Gasteiger partial charge >= 0.3 is 0 Å². The molecule has 0 radical (unpaired) electrons. The number of methoxy groups -OCH3 is 1. The van der Waals surface area contributed by atoms with Crippen LogP contribution in [0.3, 0.4) is 0 Å². The molecule has 0 unspecified atom stereocenters. The number of anilines is 3. The standard InChI is InChI=1S/C21H24ClN5O5/c1-14(28)23-16-4-6-20(32-2)17(12-16)24-21(29)13-25-7-9-26(10-8-25)18-5-3-15(22)11-19(18)27(30)31/h3-6,11-12H,7-10,13H2,1-2H3,(H,23,28)(H,24,29). The quantitative estimate of drug-likeness (QED) is 0.480. The third kappa shape index (κ3) is 5.86. The Hall–Kier alpha value is -3.37. The molecule has 0 aromatic heterocycles. The molecule has 0 atom stereocenters. The maximum Gasteiger partial charge on any atom is 0.294 e. The predicted octanol–water partition coefficient (Wildman–Crippen LogP) is 2.98. The Morgan fingerprint density at radius 3 is 2.47 bits per heavy atom. The first-order valence-electron chi connectivity index (χ1n) is 9.93. The molecule has 2 aromatic rings. The zero-order valence-corrected chi connectivity index (χ0v) is 18.5. The van der Waals surface area contributed by atoms with Crippen LogP contribution in [0.2, 0.25) is 5.02 Å². The van der Waals surface area contributed by atoms with Crippen molar-refractivity contribution >= 4 is 46.2 Å². The molecule has 0 bridgehead atoms. The SMILES string of the molecule is COc1ccc(NC(C)=O)cc1NC(=O)CN1CCN(c2ccc(Cl)cc2[N+](=O)[O-])CC1. The van der Waals surface area contributed by atoms with E-state index >= 15 is 0 Å². The molecular formula is C21H24ClN5O5. The number of hydrogen-bond acceptors (Lipinski definition) is 7. The number of nitrogens with zero attached hydrogens (tertiary/aromatic N) is 3. The summed E-state index contributed by atoms with van der Waals surface area (Å²) in [5, 5.41) is 17.2. The van der Waals surface area contributed by atoms with Crippen LogP contribution in [0.4, 0.5) is 22.7 Å². The van der Waals surface area contributed by atoms with E-state index < -0.39 is 4.92 Å². The molecule has 2 aromatic carbocycles. The highest BCUT2D eigenvalue weighted by atomic mass is 35.5. The lowest BCUT2D eigenvalue weighted by Gasteiger charge is -2.35. The number of nitro benzene ring substituents is 1. The van der Waals surface area contributed by atoms with E-state index in [2.05, 4.69) is 10.6 Å². The second kappa shape index (κ2) is 10.3. The number of benzene rings is 2. The average molecular weight is 462 g/mol. The highest BCUT2D eigenvalue weighted by molar-refractivity contribution is 6.30. The summed E-state index contributed by atoms with van der Waals surface area (Å²) in [4.78, 5) is 38.7. The molecule has 1 aliphatic heterocycles. The van der Waals surface area contributed by atoms with Crippen LogP contribution in [0, 0.1) is 10.1 Å². The van der Waals surface area contributed by atoms with Gasteiger partial charge in [0.05, 0.1) is 24.3 Å². The van der Waals surface area contributed by atoms with Crippen molar-refractivity contribution in [3.05, 3.63) is 51.5 Å². The minimum atomic E-state index is -0.441. The van der Waals surface area contributed by atoms with Crippen LogP contribution in [-0.2, 0) is 9.59 Å². The van der Waals surface area contributed by atoms with Gasteiger partial charge in [0.1, 0.15) is 11.4 Å². The van der Waals surface area contributed by atoms with Crippen LogP contribution in [0.5, 0.6) is 5.75 Å². The molecule has 0 aliphatic carbocycles. The molecule has 0 saturated carbocycles. The largest absolute Gasteiger partial charge is 0.495 e. The molecule has 2 amide bonds. The van der Waals surface area contributed by atoms with E-state index in [0.717, 1.165) is 0 Å². The summed E-state index contributed by atoms with van der Waals surface area (Å²) >= 11 is 5.90. The van der Waals surface area contributed by atoms with Crippen molar-refractivity contribution in [3.8, 4) is 5.75 Å². The normalized spacial score (nSPS) is 14.0. The fraction of sp³-hybridized carbons (Fsp3) is 0.333. The number of halogens is 1. The molecular weight excluding hydrogens is 438 g/mol. The van der Waals surface area contributed by atoms with Crippen LogP contribution in [0.25, 0.3) is 0 Å². The monoisotopic (exact) mass is 461 g/mol. The number of carbonyl (C=O) groups excluding carboxylic acids is 2. The van der Waals surface area contributed by atoms with E-state index in [0.29, 0.717) is 54.0 Å².